The average molecular weight is 337 g/mol. The van der Waals surface area contributed by atoms with E-state index in [1.165, 1.54) is 13.1 Å². The summed E-state index contributed by atoms with van der Waals surface area (Å²) in [4.78, 5) is 21.4. The van der Waals surface area contributed by atoms with Crippen molar-refractivity contribution in [3.05, 3.63) is 11.6 Å². The number of allylic oxidation sites excluding steroid dienone is 1. The highest BCUT2D eigenvalue weighted by atomic mass is 19.4. The second kappa shape index (κ2) is 11.5. The fourth-order valence-corrected chi connectivity index (χ4v) is 1.70. The lowest BCUT2D eigenvalue weighted by Gasteiger charge is -2.11. The van der Waals surface area contributed by atoms with E-state index >= 15 is 0 Å². The van der Waals surface area contributed by atoms with Crippen LogP contribution in [0.15, 0.2) is 16.8 Å². The van der Waals surface area contributed by atoms with Crippen LogP contribution >= 0.6 is 0 Å². The van der Waals surface area contributed by atoms with Gasteiger partial charge in [0.05, 0.1) is 6.61 Å². The third kappa shape index (κ3) is 12.2. The minimum absolute atomic E-state index is 0.0344. The van der Waals surface area contributed by atoms with E-state index in [-0.39, 0.29) is 13.0 Å². The Morgan fingerprint density at radius 1 is 1.22 bits per heavy atom. The number of carbonyl (C=O) groups is 2. The molecule has 0 aromatic heterocycles. The molecular formula is C14H22F3N3O3. The van der Waals surface area contributed by atoms with Gasteiger partial charge < -0.3 is 10.5 Å². The highest BCUT2D eigenvalue weighted by molar-refractivity contribution is 5.83. The smallest absolute Gasteiger partial charge is 0.412 e. The Morgan fingerprint density at radius 2 is 1.87 bits per heavy atom. The lowest BCUT2D eigenvalue weighted by molar-refractivity contribution is -0.138. The predicted octanol–water partition coefficient (Wildman–Crippen LogP) is 3.03. The van der Waals surface area contributed by atoms with Crippen LogP contribution in [-0.4, -0.2) is 31.0 Å². The molecule has 0 rings (SSSR count). The molecule has 3 N–H and O–H groups in total. The van der Waals surface area contributed by atoms with E-state index in [9.17, 15) is 22.8 Å². The molecule has 0 fully saturated rings. The highest BCUT2D eigenvalue weighted by Gasteiger charge is 2.33. The molecule has 6 nitrogen and oxygen atoms in total. The number of nitrogens with one attached hydrogen (secondary N) is 1. The average Bonchev–Trinajstić information content (AvgIpc) is 2.43. The van der Waals surface area contributed by atoms with Crippen molar-refractivity contribution in [3.8, 4) is 0 Å². The molecule has 0 aliphatic carbocycles. The number of halogens is 3. The number of rotatable bonds is 10. The lowest BCUT2D eigenvalue weighted by Crippen LogP contribution is -2.24. The Kier molecular flexibility index (Phi) is 10.5. The van der Waals surface area contributed by atoms with Crippen molar-refractivity contribution in [1.29, 1.82) is 0 Å². The Labute approximate surface area is 132 Å². The molecule has 0 saturated heterocycles. The van der Waals surface area contributed by atoms with Gasteiger partial charge in [0.15, 0.2) is 0 Å². The Balaban J connectivity index is 4.03. The zero-order valence-electron chi connectivity index (χ0n) is 13.0. The van der Waals surface area contributed by atoms with Crippen LogP contribution in [0.3, 0.4) is 0 Å². The van der Waals surface area contributed by atoms with E-state index in [4.69, 9.17) is 5.73 Å². The maximum absolute atomic E-state index is 12.8. The number of hydrogen-bond acceptors (Lipinski definition) is 4. The fraction of sp³-hybridized carbons (Fsp3) is 0.643. The second-order valence-electron chi connectivity index (χ2n) is 4.66. The number of nitrogens with zero attached hydrogens (tertiary/aromatic N) is 1. The Hall–Kier alpha value is -2.06. The molecule has 0 aromatic carbocycles. The molecule has 0 aliphatic heterocycles. The quantitative estimate of drug-likeness (QED) is 0.211. The van der Waals surface area contributed by atoms with E-state index in [1.54, 1.807) is 0 Å². The number of alkyl halides is 3. The molecule has 23 heavy (non-hydrogen) atoms. The number of primary amides is 1. The van der Waals surface area contributed by atoms with Crippen molar-refractivity contribution in [3.63, 3.8) is 0 Å². The molecule has 2 amide bonds. The van der Waals surface area contributed by atoms with Gasteiger partial charge in [0, 0.05) is 17.9 Å². The van der Waals surface area contributed by atoms with E-state index in [0.29, 0.717) is 31.8 Å². The summed E-state index contributed by atoms with van der Waals surface area (Å²) >= 11 is 0. The fourth-order valence-electron chi connectivity index (χ4n) is 1.70. The summed E-state index contributed by atoms with van der Waals surface area (Å²) in [6.07, 6.45) is 0.192. The molecule has 0 atom stereocenters. The summed E-state index contributed by atoms with van der Waals surface area (Å²) in [5, 5.41) is 3.54. The van der Waals surface area contributed by atoms with Gasteiger partial charge in [-0.05, 0) is 32.6 Å². The van der Waals surface area contributed by atoms with Crippen LogP contribution < -0.4 is 11.2 Å². The molecule has 0 heterocycles. The van der Waals surface area contributed by atoms with Crippen LogP contribution in [0.25, 0.3) is 0 Å². The monoisotopic (exact) mass is 337 g/mol. The van der Waals surface area contributed by atoms with Crippen LogP contribution in [0.5, 0.6) is 0 Å². The van der Waals surface area contributed by atoms with Gasteiger partial charge in [-0.2, -0.15) is 18.3 Å². The zero-order valence-corrected chi connectivity index (χ0v) is 13.0. The molecular weight excluding hydrogens is 315 g/mol. The van der Waals surface area contributed by atoms with Gasteiger partial charge >= 0.3 is 18.2 Å². The second-order valence-corrected chi connectivity index (χ2v) is 4.66. The standard InChI is InChI=1S/C14H22F3N3O3/c1-2-23-12(21)10-11(14(15,16)17)8-6-4-3-5-7-9-19-20-13(18)22/h9-10H,2-8H2,1H3,(H3,18,20,22)/b11-10-,19-9+. The first-order valence-corrected chi connectivity index (χ1v) is 7.28. The van der Waals surface area contributed by atoms with E-state index in [0.717, 1.165) is 6.42 Å². The normalized spacial score (nSPS) is 12.4. The first kappa shape index (κ1) is 20.9. The van der Waals surface area contributed by atoms with Crippen molar-refractivity contribution in [2.75, 3.05) is 6.61 Å². The van der Waals surface area contributed by atoms with Crippen molar-refractivity contribution in [2.24, 2.45) is 10.8 Å². The Bertz CT molecular complexity index is 435. The van der Waals surface area contributed by atoms with Gasteiger partial charge in [0.25, 0.3) is 0 Å². The third-order valence-electron chi connectivity index (χ3n) is 2.74. The minimum atomic E-state index is -4.53. The van der Waals surface area contributed by atoms with Crippen molar-refractivity contribution in [2.45, 2.75) is 51.6 Å². The number of amides is 2. The van der Waals surface area contributed by atoms with Crippen LogP contribution in [0.1, 0.15) is 45.4 Å². The first-order chi connectivity index (χ1) is 10.8. The topological polar surface area (TPSA) is 93.8 Å². The highest BCUT2D eigenvalue weighted by Crippen LogP contribution is 2.29. The third-order valence-corrected chi connectivity index (χ3v) is 2.74. The van der Waals surface area contributed by atoms with Gasteiger partial charge in [-0.3, -0.25) is 0 Å². The molecule has 0 unspecified atom stereocenters. The number of hydrazone groups is 1. The summed E-state index contributed by atoms with van der Waals surface area (Å²) in [5.41, 5.74) is 5.96. The minimum Gasteiger partial charge on any atom is -0.463 e. The summed E-state index contributed by atoms with van der Waals surface area (Å²) in [7, 11) is 0. The van der Waals surface area contributed by atoms with Crippen molar-refractivity contribution < 1.29 is 27.5 Å². The molecule has 0 aromatic rings. The van der Waals surface area contributed by atoms with Gasteiger partial charge in [0.1, 0.15) is 0 Å². The number of esters is 1. The van der Waals surface area contributed by atoms with Gasteiger partial charge in [-0.1, -0.05) is 12.8 Å². The van der Waals surface area contributed by atoms with Crippen LogP contribution in [0, 0.1) is 0 Å². The summed E-state index contributed by atoms with van der Waals surface area (Å²) in [5.74, 6) is -0.974. The van der Waals surface area contributed by atoms with E-state index in [2.05, 4.69) is 9.84 Å². The Morgan fingerprint density at radius 3 is 2.43 bits per heavy atom. The van der Waals surface area contributed by atoms with Crippen molar-refractivity contribution in [1.82, 2.24) is 5.43 Å². The number of ether oxygens (including phenoxy) is 1. The van der Waals surface area contributed by atoms with E-state index < -0.39 is 23.7 Å². The maximum Gasteiger partial charge on any atom is 0.412 e. The summed E-state index contributed by atoms with van der Waals surface area (Å²) < 4.78 is 42.8. The number of hydrogen-bond donors (Lipinski definition) is 2. The van der Waals surface area contributed by atoms with Gasteiger partial charge in [-0.15, -0.1) is 0 Å². The SMILES string of the molecule is CCOC(=O)/C=C(/CCCCCC/C=N/NC(N)=O)C(F)(F)F. The van der Waals surface area contributed by atoms with Crippen LogP contribution in [0.2, 0.25) is 0 Å². The first-order valence-electron chi connectivity index (χ1n) is 7.28. The van der Waals surface area contributed by atoms with Crippen LogP contribution in [0.4, 0.5) is 18.0 Å². The molecule has 0 saturated carbocycles. The molecule has 9 heteroatoms. The van der Waals surface area contributed by atoms with Crippen LogP contribution in [-0.2, 0) is 9.53 Å². The zero-order chi connectivity index (χ0) is 17.7. The largest absolute Gasteiger partial charge is 0.463 e. The molecule has 0 radical (unpaired) electrons. The predicted molar refractivity (Wildman–Crippen MR) is 79.7 cm³/mol. The number of urea groups is 1. The lowest BCUT2D eigenvalue weighted by atomic mass is 10.0. The van der Waals surface area contributed by atoms with E-state index in [1.807, 2.05) is 5.43 Å². The molecule has 0 spiro atoms. The number of carbonyl (C=O) groups excluding carboxylic acids is 2. The summed E-state index contributed by atoms with van der Waals surface area (Å²) in [6, 6.07) is -0.755. The molecule has 0 bridgehead atoms. The number of unbranched alkanes of at least 4 members (excludes halogenated alkanes) is 4. The molecule has 132 valence electrons. The van der Waals surface area contributed by atoms with Crippen molar-refractivity contribution >= 4 is 18.2 Å². The molecule has 0 aliphatic rings. The van der Waals surface area contributed by atoms with Gasteiger partial charge in [-0.25, -0.2) is 15.0 Å². The number of nitrogens with two attached hydrogens (primary N) is 1. The maximum atomic E-state index is 12.8. The summed E-state index contributed by atoms with van der Waals surface area (Å²) in [6.45, 7) is 1.56. The van der Waals surface area contributed by atoms with Gasteiger partial charge in [0.2, 0.25) is 0 Å².